The third-order valence-corrected chi connectivity index (χ3v) is 11.2. The van der Waals surface area contributed by atoms with Gasteiger partial charge in [-0.3, -0.25) is 24.3 Å². The summed E-state index contributed by atoms with van der Waals surface area (Å²) in [5.74, 6) is -0.596. The van der Waals surface area contributed by atoms with E-state index in [4.69, 9.17) is 5.11 Å². The van der Waals surface area contributed by atoms with E-state index < -0.39 is 11.7 Å². The number of rotatable bonds is 7. The molecule has 264 valence electrons. The predicted molar refractivity (Wildman–Crippen MR) is 191 cm³/mol. The smallest absolute Gasteiger partial charge is 0.410 e. The third-order valence-electron chi connectivity index (χ3n) is 10.00. The van der Waals surface area contributed by atoms with Crippen molar-refractivity contribution >= 4 is 46.1 Å². The van der Waals surface area contributed by atoms with Gasteiger partial charge >= 0.3 is 6.09 Å². The fraction of sp³-hybridized carbons (Fsp3) is 0.361. The van der Waals surface area contributed by atoms with Crippen molar-refractivity contribution < 1.29 is 24.6 Å². The van der Waals surface area contributed by atoms with Crippen molar-refractivity contribution in [3.63, 3.8) is 0 Å². The van der Waals surface area contributed by atoms with Gasteiger partial charge in [0.15, 0.2) is 0 Å². The number of hydrogen-bond acceptors (Lipinski definition) is 9. The van der Waals surface area contributed by atoms with Crippen molar-refractivity contribution in [2.24, 2.45) is 13.0 Å². The Morgan fingerprint density at radius 2 is 1.80 bits per heavy atom. The highest BCUT2D eigenvalue weighted by atomic mass is 32.1. The summed E-state index contributed by atoms with van der Waals surface area (Å²) in [7, 11) is 1.83. The lowest BCUT2D eigenvalue weighted by Gasteiger charge is -2.43. The van der Waals surface area contributed by atoms with Gasteiger partial charge in [0.05, 0.1) is 23.2 Å². The molecule has 5 aromatic rings. The van der Waals surface area contributed by atoms with E-state index in [1.165, 1.54) is 28.4 Å². The van der Waals surface area contributed by atoms with Gasteiger partial charge in [-0.05, 0) is 49.9 Å². The number of carbonyl (C=O) groups excluding carboxylic acids is 2. The number of likely N-dealkylation sites (tertiary alicyclic amines) is 2. The van der Waals surface area contributed by atoms with Crippen molar-refractivity contribution in [2.45, 2.75) is 44.2 Å². The molecule has 2 atom stereocenters. The van der Waals surface area contributed by atoms with E-state index in [0.29, 0.717) is 77.6 Å². The largest absolute Gasteiger partial charge is 0.465 e. The number of aliphatic hydroxyl groups is 1. The summed E-state index contributed by atoms with van der Waals surface area (Å²) in [4.78, 5) is 69.5. The first kappa shape index (κ1) is 34.1. The molecule has 0 spiro atoms. The first-order valence-electron chi connectivity index (χ1n) is 16.8. The minimum absolute atomic E-state index is 0.00209. The van der Waals surface area contributed by atoms with Gasteiger partial charge in [0.25, 0.3) is 11.5 Å². The van der Waals surface area contributed by atoms with Crippen LogP contribution in [0.25, 0.3) is 21.6 Å². The maximum Gasteiger partial charge on any atom is 0.410 e. The number of aromatic nitrogens is 5. The molecule has 51 heavy (non-hydrogen) atoms. The molecule has 6 heterocycles. The van der Waals surface area contributed by atoms with Crippen LogP contribution in [0.5, 0.6) is 0 Å². The number of pyridine rings is 1. The number of thiazole rings is 1. The fourth-order valence-corrected chi connectivity index (χ4v) is 8.25. The summed E-state index contributed by atoms with van der Waals surface area (Å²) in [6, 6.07) is 14.8. The zero-order valence-corrected chi connectivity index (χ0v) is 29.0. The van der Waals surface area contributed by atoms with Crippen LogP contribution in [-0.2, 0) is 18.4 Å². The summed E-state index contributed by atoms with van der Waals surface area (Å²) in [6.45, 7) is 3.33. The predicted octanol–water partition coefficient (Wildman–Crippen LogP) is 3.95. The second kappa shape index (κ2) is 13.7. The molecular weight excluding hydrogens is 673 g/mol. The van der Waals surface area contributed by atoms with Gasteiger partial charge in [0.2, 0.25) is 5.91 Å². The molecule has 2 fully saturated rings. The zero-order valence-electron chi connectivity index (χ0n) is 28.2. The average Bonchev–Trinajstić information content (AvgIpc) is 3.71. The van der Waals surface area contributed by atoms with Crippen LogP contribution in [-0.4, -0.2) is 93.8 Å². The molecule has 4 aromatic heterocycles. The molecule has 0 saturated carbocycles. The lowest BCUT2D eigenvalue weighted by molar-refractivity contribution is -0.142. The van der Waals surface area contributed by atoms with Crippen LogP contribution in [0.15, 0.2) is 72.0 Å². The number of carbonyl (C=O) groups is 3. The molecule has 14 nitrogen and oxygen atoms in total. The second-order valence-electron chi connectivity index (χ2n) is 13.3. The van der Waals surface area contributed by atoms with Gasteiger partial charge in [0.1, 0.15) is 27.7 Å². The van der Waals surface area contributed by atoms with Crippen LogP contribution in [0.3, 0.4) is 0 Å². The van der Waals surface area contributed by atoms with E-state index >= 15 is 0 Å². The third kappa shape index (κ3) is 6.86. The van der Waals surface area contributed by atoms with Crippen molar-refractivity contribution in [3.05, 3.63) is 93.7 Å². The molecule has 0 radical (unpaired) electrons. The highest BCUT2D eigenvalue weighted by Crippen LogP contribution is 2.37. The molecule has 1 aromatic carbocycles. The maximum absolute atomic E-state index is 14.2. The standard InChI is InChI=1S/C36H38N8O6S/c1-22-29(51-31(39-22)24-8-13-37-28(18-24)40-35(48)49)34(47)43-15-10-25(27(19-43)23-6-4-3-5-7-23)32(45)42-16-11-36(50,12-17-42)20-44-21-38-30-26(33(44)46)9-14-41(30)2/h3-9,13-14,18,21,25,27,50H,10-12,15-17,19-20H2,1-2H3,(H,37,40)(H,48,49)/t25-,27+/m1/s1. The van der Waals surface area contributed by atoms with Crippen molar-refractivity contribution in [2.75, 3.05) is 31.5 Å². The van der Waals surface area contributed by atoms with Gasteiger partial charge in [-0.25, -0.2) is 19.7 Å². The number of nitrogens with one attached hydrogen (secondary N) is 1. The van der Waals surface area contributed by atoms with Crippen LogP contribution in [0.4, 0.5) is 10.6 Å². The molecule has 2 saturated heterocycles. The monoisotopic (exact) mass is 710 g/mol. The molecule has 3 amide bonds. The number of amides is 3. The molecule has 3 N–H and O–H groups in total. The summed E-state index contributed by atoms with van der Waals surface area (Å²) >= 11 is 1.24. The van der Waals surface area contributed by atoms with E-state index in [-0.39, 0.29) is 41.6 Å². The fourth-order valence-electron chi connectivity index (χ4n) is 7.22. The van der Waals surface area contributed by atoms with E-state index in [1.807, 2.05) is 42.3 Å². The van der Waals surface area contributed by atoms with Gasteiger partial charge in [-0.1, -0.05) is 30.3 Å². The lowest BCUT2D eigenvalue weighted by Crippen LogP contribution is -2.53. The Bertz CT molecular complexity index is 2170. The van der Waals surface area contributed by atoms with Crippen molar-refractivity contribution in [3.8, 4) is 10.6 Å². The number of aryl methyl sites for hydroxylation is 2. The minimum atomic E-state index is -1.23. The Balaban J connectivity index is 1.05. The molecule has 0 bridgehead atoms. The van der Waals surface area contributed by atoms with Gasteiger partial charge in [-0.2, -0.15) is 0 Å². The van der Waals surface area contributed by atoms with Crippen LogP contribution in [0.2, 0.25) is 0 Å². The lowest BCUT2D eigenvalue weighted by atomic mass is 9.79. The maximum atomic E-state index is 14.2. The quantitative estimate of drug-likeness (QED) is 0.226. The normalized spacial score (nSPS) is 18.9. The molecule has 2 aliphatic rings. The Kier molecular flexibility index (Phi) is 9.16. The van der Waals surface area contributed by atoms with E-state index in [0.717, 1.165) is 5.56 Å². The van der Waals surface area contributed by atoms with Crippen LogP contribution in [0.1, 0.15) is 46.1 Å². The van der Waals surface area contributed by atoms with Gasteiger partial charge in [-0.15, -0.1) is 11.3 Å². The zero-order chi connectivity index (χ0) is 35.9. The highest BCUT2D eigenvalue weighted by molar-refractivity contribution is 7.17. The van der Waals surface area contributed by atoms with Crippen molar-refractivity contribution in [1.29, 1.82) is 0 Å². The number of fused-ring (bicyclic) bond motifs is 1. The molecule has 15 heteroatoms. The summed E-state index contributed by atoms with van der Waals surface area (Å²) in [5, 5.41) is 23.9. The van der Waals surface area contributed by atoms with Crippen molar-refractivity contribution in [1.82, 2.24) is 33.9 Å². The van der Waals surface area contributed by atoms with Crippen LogP contribution in [0, 0.1) is 12.8 Å². The van der Waals surface area contributed by atoms with Crippen LogP contribution >= 0.6 is 11.3 Å². The van der Waals surface area contributed by atoms with E-state index in [1.54, 1.807) is 40.8 Å². The van der Waals surface area contributed by atoms with Crippen LogP contribution < -0.4 is 10.9 Å². The summed E-state index contributed by atoms with van der Waals surface area (Å²) < 4.78 is 3.24. The number of carboxylic acid groups (broad SMARTS) is 1. The highest BCUT2D eigenvalue weighted by Gasteiger charge is 2.42. The van der Waals surface area contributed by atoms with E-state index in [2.05, 4.69) is 20.3 Å². The number of hydrogen-bond donors (Lipinski definition) is 3. The minimum Gasteiger partial charge on any atom is -0.465 e. The molecular formula is C36H38N8O6S. The molecule has 2 aliphatic heterocycles. The number of anilines is 1. The Morgan fingerprint density at radius 1 is 1.04 bits per heavy atom. The summed E-state index contributed by atoms with van der Waals surface area (Å²) in [5.41, 5.74) is 1.41. The Morgan fingerprint density at radius 3 is 2.55 bits per heavy atom. The molecule has 0 unspecified atom stereocenters. The number of piperidine rings is 2. The molecule has 7 rings (SSSR count). The topological polar surface area (TPSA) is 176 Å². The first-order chi connectivity index (χ1) is 24.5. The van der Waals surface area contributed by atoms with Gasteiger partial charge in [0, 0.05) is 63.0 Å². The second-order valence-corrected chi connectivity index (χ2v) is 14.3. The Hall–Kier alpha value is -5.41. The van der Waals surface area contributed by atoms with Gasteiger partial charge < -0.3 is 24.6 Å². The number of nitrogens with zero attached hydrogens (tertiary/aromatic N) is 7. The SMILES string of the molecule is Cc1nc(-c2ccnc(NC(=O)O)c2)sc1C(=O)N1CC[C@@H](C(=O)N2CCC(O)(Cn3cnc4c(ccn4C)c3=O)CC2)[C@H](c2ccccc2)C1. The van der Waals surface area contributed by atoms with E-state index in [9.17, 15) is 24.3 Å². The first-order valence-corrected chi connectivity index (χ1v) is 17.6. The summed E-state index contributed by atoms with van der Waals surface area (Å²) in [6.07, 6.45) is 4.64. The Labute approximate surface area is 297 Å². The number of benzene rings is 1. The molecule has 0 aliphatic carbocycles. The average molecular weight is 711 g/mol.